The molecule has 1 aromatic carbocycles. The van der Waals surface area contributed by atoms with Gasteiger partial charge in [-0.05, 0) is 12.5 Å². The van der Waals surface area contributed by atoms with Gasteiger partial charge in [0.2, 0.25) is 0 Å². The lowest BCUT2D eigenvalue weighted by atomic mass is 10.0. The Bertz CT molecular complexity index is 292. The first-order chi connectivity index (χ1) is 6.25. The van der Waals surface area contributed by atoms with Crippen LogP contribution in [0.1, 0.15) is 23.7 Å². The molecule has 1 heterocycles. The molecule has 1 aromatic rings. The minimum atomic E-state index is -0.368. The molecule has 70 valence electrons. The molecular weight excluding hydrogens is 164 g/mol. The zero-order valence-electron chi connectivity index (χ0n) is 7.73. The second-order valence-corrected chi connectivity index (χ2v) is 3.62. The molecule has 0 spiro atoms. The predicted molar refractivity (Wildman–Crippen MR) is 50.5 cm³/mol. The normalized spacial score (nSPS) is 22.8. The minimum absolute atomic E-state index is 0.288. The van der Waals surface area contributed by atoms with Crippen molar-refractivity contribution in [1.82, 2.24) is 0 Å². The van der Waals surface area contributed by atoms with E-state index in [0.29, 0.717) is 0 Å². The van der Waals surface area contributed by atoms with Crippen molar-refractivity contribution in [3.63, 3.8) is 0 Å². The molecule has 2 atom stereocenters. The molecule has 1 aliphatic heterocycles. The summed E-state index contributed by atoms with van der Waals surface area (Å²) in [7, 11) is 0. The summed E-state index contributed by atoms with van der Waals surface area (Å²) in [6, 6.07) is 7.98. The molecule has 2 unspecified atom stereocenters. The van der Waals surface area contributed by atoms with Crippen LogP contribution < -0.4 is 0 Å². The predicted octanol–water partition coefficient (Wildman–Crippen LogP) is 1.82. The molecular formula is C11H14O2. The average molecular weight is 178 g/mol. The van der Waals surface area contributed by atoms with Gasteiger partial charge in [-0.25, -0.2) is 0 Å². The van der Waals surface area contributed by atoms with Gasteiger partial charge in [0.1, 0.15) is 0 Å². The third-order valence-electron chi connectivity index (χ3n) is 2.32. The van der Waals surface area contributed by atoms with Gasteiger partial charge >= 0.3 is 0 Å². The molecule has 0 bridgehead atoms. The van der Waals surface area contributed by atoms with E-state index in [1.807, 2.05) is 31.2 Å². The zero-order valence-corrected chi connectivity index (χ0v) is 7.73. The molecule has 2 nitrogen and oxygen atoms in total. The van der Waals surface area contributed by atoms with Crippen molar-refractivity contribution < 1.29 is 9.84 Å². The standard InChI is InChI=1S/C11H14O2/c1-8-3-2-4-9(5-8)11(12)6-10-7-13-10/h2-5,10-12H,6-7H2,1H3. The monoisotopic (exact) mass is 178 g/mol. The summed E-state index contributed by atoms with van der Waals surface area (Å²) in [6.07, 6.45) is 0.645. The Hall–Kier alpha value is -0.860. The van der Waals surface area contributed by atoms with Crippen molar-refractivity contribution in [3.05, 3.63) is 35.4 Å². The highest BCUT2D eigenvalue weighted by Crippen LogP contribution is 2.25. The van der Waals surface area contributed by atoms with E-state index >= 15 is 0 Å². The SMILES string of the molecule is Cc1cccc(C(O)CC2CO2)c1. The summed E-state index contributed by atoms with van der Waals surface area (Å²) in [6.45, 7) is 2.84. The molecule has 2 heteroatoms. The van der Waals surface area contributed by atoms with Crippen LogP contribution in [0, 0.1) is 6.92 Å². The lowest BCUT2D eigenvalue weighted by Gasteiger charge is -2.09. The molecule has 2 rings (SSSR count). The quantitative estimate of drug-likeness (QED) is 0.716. The van der Waals surface area contributed by atoms with E-state index in [9.17, 15) is 5.11 Å². The number of aryl methyl sites for hydroxylation is 1. The van der Waals surface area contributed by atoms with Crippen molar-refractivity contribution in [1.29, 1.82) is 0 Å². The fourth-order valence-electron chi connectivity index (χ4n) is 1.47. The van der Waals surface area contributed by atoms with Crippen LogP contribution >= 0.6 is 0 Å². The van der Waals surface area contributed by atoms with E-state index in [4.69, 9.17) is 4.74 Å². The summed E-state index contributed by atoms with van der Waals surface area (Å²) >= 11 is 0. The Morgan fingerprint density at radius 1 is 1.62 bits per heavy atom. The minimum Gasteiger partial charge on any atom is -0.388 e. The Balaban J connectivity index is 2.04. The molecule has 1 N–H and O–H groups in total. The van der Waals surface area contributed by atoms with E-state index in [0.717, 1.165) is 18.6 Å². The van der Waals surface area contributed by atoms with Crippen molar-refractivity contribution in [2.45, 2.75) is 25.6 Å². The third kappa shape index (κ3) is 2.29. The lowest BCUT2D eigenvalue weighted by Crippen LogP contribution is -2.01. The van der Waals surface area contributed by atoms with E-state index in [1.54, 1.807) is 0 Å². The van der Waals surface area contributed by atoms with Crippen LogP contribution in [0.3, 0.4) is 0 Å². The first-order valence-electron chi connectivity index (χ1n) is 4.62. The van der Waals surface area contributed by atoms with Gasteiger partial charge in [-0.2, -0.15) is 0 Å². The van der Waals surface area contributed by atoms with Crippen molar-refractivity contribution in [2.24, 2.45) is 0 Å². The number of epoxide rings is 1. The van der Waals surface area contributed by atoms with Gasteiger partial charge in [0.05, 0.1) is 18.8 Å². The van der Waals surface area contributed by atoms with E-state index in [1.165, 1.54) is 5.56 Å². The highest BCUT2D eigenvalue weighted by molar-refractivity contribution is 5.24. The molecule has 1 aliphatic rings. The van der Waals surface area contributed by atoms with Crippen molar-refractivity contribution in [3.8, 4) is 0 Å². The highest BCUT2D eigenvalue weighted by Gasteiger charge is 2.26. The molecule has 0 saturated carbocycles. The van der Waals surface area contributed by atoms with Gasteiger partial charge in [-0.15, -0.1) is 0 Å². The number of aliphatic hydroxyl groups excluding tert-OH is 1. The van der Waals surface area contributed by atoms with Gasteiger partial charge in [-0.3, -0.25) is 0 Å². The number of aliphatic hydroxyl groups is 1. The maximum Gasteiger partial charge on any atom is 0.0837 e. The van der Waals surface area contributed by atoms with Crippen LogP contribution in [-0.2, 0) is 4.74 Å². The number of benzene rings is 1. The fourth-order valence-corrected chi connectivity index (χ4v) is 1.47. The van der Waals surface area contributed by atoms with Crippen LogP contribution in [0.5, 0.6) is 0 Å². The number of hydrogen-bond donors (Lipinski definition) is 1. The van der Waals surface area contributed by atoms with Crippen LogP contribution in [0.25, 0.3) is 0 Å². The first kappa shape index (κ1) is 8.73. The van der Waals surface area contributed by atoms with Gasteiger partial charge in [0, 0.05) is 6.42 Å². The number of hydrogen-bond acceptors (Lipinski definition) is 2. The zero-order chi connectivity index (χ0) is 9.26. The van der Waals surface area contributed by atoms with Crippen LogP contribution in [-0.4, -0.2) is 17.8 Å². The van der Waals surface area contributed by atoms with Crippen LogP contribution in [0.4, 0.5) is 0 Å². The van der Waals surface area contributed by atoms with Crippen LogP contribution in [0.15, 0.2) is 24.3 Å². The number of rotatable bonds is 3. The second kappa shape index (κ2) is 3.48. The smallest absolute Gasteiger partial charge is 0.0837 e. The van der Waals surface area contributed by atoms with Crippen molar-refractivity contribution >= 4 is 0 Å². The Labute approximate surface area is 78.2 Å². The Morgan fingerprint density at radius 3 is 3.00 bits per heavy atom. The fraction of sp³-hybridized carbons (Fsp3) is 0.455. The highest BCUT2D eigenvalue weighted by atomic mass is 16.6. The maximum absolute atomic E-state index is 9.78. The van der Waals surface area contributed by atoms with Gasteiger partial charge in [0.15, 0.2) is 0 Å². The lowest BCUT2D eigenvalue weighted by molar-refractivity contribution is 0.154. The van der Waals surface area contributed by atoms with Crippen molar-refractivity contribution in [2.75, 3.05) is 6.61 Å². The second-order valence-electron chi connectivity index (χ2n) is 3.62. The molecule has 0 radical (unpaired) electrons. The van der Waals surface area contributed by atoms with E-state index in [2.05, 4.69) is 0 Å². The molecule has 0 aliphatic carbocycles. The summed E-state index contributed by atoms with van der Waals surface area (Å²) in [5.41, 5.74) is 2.18. The van der Waals surface area contributed by atoms with E-state index < -0.39 is 0 Å². The third-order valence-corrected chi connectivity index (χ3v) is 2.32. The summed E-state index contributed by atoms with van der Waals surface area (Å²) in [4.78, 5) is 0. The Morgan fingerprint density at radius 2 is 2.38 bits per heavy atom. The van der Waals surface area contributed by atoms with Gasteiger partial charge in [0.25, 0.3) is 0 Å². The van der Waals surface area contributed by atoms with Crippen LogP contribution in [0.2, 0.25) is 0 Å². The molecule has 1 fully saturated rings. The summed E-state index contributed by atoms with van der Waals surface area (Å²) < 4.78 is 5.07. The molecule has 0 aromatic heterocycles. The first-order valence-corrected chi connectivity index (χ1v) is 4.62. The summed E-state index contributed by atoms with van der Waals surface area (Å²) in [5.74, 6) is 0. The molecule has 13 heavy (non-hydrogen) atoms. The average Bonchev–Trinajstić information content (AvgIpc) is 2.88. The number of ether oxygens (including phenoxy) is 1. The Kier molecular flexibility index (Phi) is 2.34. The van der Waals surface area contributed by atoms with Gasteiger partial charge < -0.3 is 9.84 Å². The maximum atomic E-state index is 9.78. The summed E-state index contributed by atoms with van der Waals surface area (Å²) in [5, 5.41) is 9.78. The van der Waals surface area contributed by atoms with E-state index in [-0.39, 0.29) is 12.2 Å². The molecule has 1 saturated heterocycles. The largest absolute Gasteiger partial charge is 0.388 e. The molecule has 0 amide bonds. The van der Waals surface area contributed by atoms with Gasteiger partial charge in [-0.1, -0.05) is 29.8 Å². The topological polar surface area (TPSA) is 32.8 Å².